The van der Waals surface area contributed by atoms with Crippen molar-refractivity contribution in [3.05, 3.63) is 101 Å². The quantitative estimate of drug-likeness (QED) is 0.342. The van der Waals surface area contributed by atoms with Gasteiger partial charge in [-0.15, -0.1) is 0 Å². The predicted molar refractivity (Wildman–Crippen MR) is 143 cm³/mol. The molecule has 0 spiro atoms. The largest absolute Gasteiger partial charge is 0.416 e. The lowest BCUT2D eigenvalue weighted by atomic mass is 10.0. The van der Waals surface area contributed by atoms with E-state index in [2.05, 4.69) is 5.32 Å². The molecule has 1 atom stereocenters. The fourth-order valence-corrected chi connectivity index (χ4v) is 4.93. The molecule has 0 radical (unpaired) electrons. The molecule has 0 heterocycles. The normalized spacial score (nSPS) is 12.4. The van der Waals surface area contributed by atoms with Gasteiger partial charge in [-0.3, -0.25) is 13.9 Å². The van der Waals surface area contributed by atoms with Crippen LogP contribution in [-0.2, 0) is 38.8 Å². The number of alkyl halides is 3. The summed E-state index contributed by atoms with van der Waals surface area (Å²) in [6, 6.07) is 16.6. The fraction of sp³-hybridized carbons (Fsp3) is 0.286. The van der Waals surface area contributed by atoms with E-state index in [9.17, 15) is 35.6 Å². The summed E-state index contributed by atoms with van der Waals surface area (Å²) in [4.78, 5) is 28.2. The van der Waals surface area contributed by atoms with Crippen molar-refractivity contribution in [3.63, 3.8) is 0 Å². The number of hydrogen-bond acceptors (Lipinski definition) is 4. The lowest BCUT2D eigenvalue weighted by Gasteiger charge is -2.33. The summed E-state index contributed by atoms with van der Waals surface area (Å²) in [6.45, 7) is 0.894. The number of amides is 2. The van der Waals surface area contributed by atoms with E-state index in [4.69, 9.17) is 0 Å². The van der Waals surface area contributed by atoms with E-state index in [0.29, 0.717) is 21.5 Å². The van der Waals surface area contributed by atoms with E-state index in [1.54, 1.807) is 37.3 Å². The molecular formula is C28H29F4N3O4S. The van der Waals surface area contributed by atoms with Gasteiger partial charge in [0, 0.05) is 19.5 Å². The number of benzene rings is 3. The van der Waals surface area contributed by atoms with E-state index in [1.807, 2.05) is 0 Å². The van der Waals surface area contributed by atoms with Gasteiger partial charge in [-0.25, -0.2) is 12.8 Å². The van der Waals surface area contributed by atoms with Crippen molar-refractivity contribution < 1.29 is 35.6 Å². The number of halogens is 4. The summed E-state index contributed by atoms with van der Waals surface area (Å²) in [6.07, 6.45) is -3.89. The van der Waals surface area contributed by atoms with Crippen LogP contribution in [0.15, 0.2) is 78.9 Å². The number of hydrogen-bond donors (Lipinski definition) is 1. The van der Waals surface area contributed by atoms with Crippen molar-refractivity contribution in [2.75, 3.05) is 23.7 Å². The van der Waals surface area contributed by atoms with Crippen LogP contribution in [0.2, 0.25) is 0 Å². The van der Waals surface area contributed by atoms with Crippen molar-refractivity contribution in [2.45, 2.75) is 32.1 Å². The van der Waals surface area contributed by atoms with Crippen molar-refractivity contribution >= 4 is 27.5 Å². The molecule has 0 aliphatic heterocycles. The van der Waals surface area contributed by atoms with Crippen LogP contribution in [0.25, 0.3) is 0 Å². The number of anilines is 1. The second-order valence-electron chi connectivity index (χ2n) is 9.07. The Balaban J connectivity index is 2.06. The minimum atomic E-state index is -4.74. The standard InChI is InChI=1S/C28H29F4N3O4S/c1-3-33-27(37)25(16-20-8-5-4-6-9-20)34(18-21-12-14-23(29)15-13-21)26(36)19-35(40(2,38)39)24-11-7-10-22(17-24)28(30,31)32/h4-15,17,25H,3,16,18-19H2,1-2H3,(H,33,37)/t25-/m1/s1. The molecule has 7 nitrogen and oxygen atoms in total. The zero-order chi connectivity index (χ0) is 29.5. The number of carbonyl (C=O) groups is 2. The summed E-state index contributed by atoms with van der Waals surface area (Å²) in [7, 11) is -4.23. The van der Waals surface area contributed by atoms with Gasteiger partial charge in [0.15, 0.2) is 0 Å². The van der Waals surface area contributed by atoms with Gasteiger partial charge in [-0.2, -0.15) is 13.2 Å². The first-order valence-electron chi connectivity index (χ1n) is 12.3. The molecule has 0 bridgehead atoms. The van der Waals surface area contributed by atoms with Crippen molar-refractivity contribution in [2.24, 2.45) is 0 Å². The zero-order valence-corrected chi connectivity index (χ0v) is 22.7. The van der Waals surface area contributed by atoms with Gasteiger partial charge in [-0.05, 0) is 48.4 Å². The Morgan fingerprint density at radius 1 is 0.925 bits per heavy atom. The molecule has 0 saturated heterocycles. The van der Waals surface area contributed by atoms with Gasteiger partial charge >= 0.3 is 6.18 Å². The Bertz CT molecular complexity index is 1420. The van der Waals surface area contributed by atoms with Gasteiger partial charge in [0.25, 0.3) is 0 Å². The first kappa shape index (κ1) is 30.6. The Labute approximate surface area is 230 Å². The number of likely N-dealkylation sites (N-methyl/N-ethyl adjacent to an activating group) is 1. The maximum Gasteiger partial charge on any atom is 0.416 e. The molecule has 3 rings (SSSR count). The van der Waals surface area contributed by atoms with Crippen molar-refractivity contribution in [1.82, 2.24) is 10.2 Å². The molecule has 12 heteroatoms. The minimum Gasteiger partial charge on any atom is -0.355 e. The zero-order valence-electron chi connectivity index (χ0n) is 21.9. The van der Waals surface area contributed by atoms with Crippen molar-refractivity contribution in [1.29, 1.82) is 0 Å². The summed E-state index contributed by atoms with van der Waals surface area (Å²) in [5, 5.41) is 2.69. The summed E-state index contributed by atoms with van der Waals surface area (Å²) in [5.74, 6) is -1.86. The van der Waals surface area contributed by atoms with Crippen LogP contribution in [0.1, 0.15) is 23.6 Å². The third-order valence-corrected chi connectivity index (χ3v) is 7.17. The van der Waals surface area contributed by atoms with Crippen LogP contribution < -0.4 is 9.62 Å². The average Bonchev–Trinajstić information content (AvgIpc) is 2.90. The Kier molecular flexibility index (Phi) is 9.91. The van der Waals surface area contributed by atoms with Gasteiger partial charge < -0.3 is 10.2 Å². The van der Waals surface area contributed by atoms with E-state index >= 15 is 0 Å². The average molecular weight is 580 g/mol. The number of nitrogens with zero attached hydrogens (tertiary/aromatic N) is 2. The highest BCUT2D eigenvalue weighted by Gasteiger charge is 2.34. The number of nitrogens with one attached hydrogen (secondary N) is 1. The van der Waals surface area contributed by atoms with E-state index in [0.717, 1.165) is 29.4 Å². The Morgan fingerprint density at radius 2 is 1.57 bits per heavy atom. The van der Waals surface area contributed by atoms with Crippen LogP contribution >= 0.6 is 0 Å². The maximum atomic E-state index is 13.8. The second-order valence-corrected chi connectivity index (χ2v) is 11.0. The fourth-order valence-electron chi connectivity index (χ4n) is 4.08. The Hall–Kier alpha value is -3.93. The lowest BCUT2D eigenvalue weighted by molar-refractivity contribution is -0.140. The first-order valence-corrected chi connectivity index (χ1v) is 14.1. The topological polar surface area (TPSA) is 86.8 Å². The van der Waals surface area contributed by atoms with Crippen LogP contribution in [-0.4, -0.2) is 50.5 Å². The van der Waals surface area contributed by atoms with Gasteiger partial charge in [-0.1, -0.05) is 48.5 Å². The molecule has 0 unspecified atom stereocenters. The minimum absolute atomic E-state index is 0.0715. The van der Waals surface area contributed by atoms with E-state index < -0.39 is 52.0 Å². The van der Waals surface area contributed by atoms with Gasteiger partial charge in [0.05, 0.1) is 17.5 Å². The van der Waals surface area contributed by atoms with Crippen LogP contribution in [0, 0.1) is 5.82 Å². The highest BCUT2D eigenvalue weighted by molar-refractivity contribution is 7.92. The summed E-state index contributed by atoms with van der Waals surface area (Å²) >= 11 is 0. The highest BCUT2D eigenvalue weighted by atomic mass is 32.2. The van der Waals surface area contributed by atoms with Crippen molar-refractivity contribution in [3.8, 4) is 0 Å². The van der Waals surface area contributed by atoms with E-state index in [-0.39, 0.29) is 25.2 Å². The third-order valence-electron chi connectivity index (χ3n) is 6.03. The monoisotopic (exact) mass is 579 g/mol. The molecule has 1 N–H and O–H groups in total. The van der Waals surface area contributed by atoms with Gasteiger partial charge in [0.2, 0.25) is 21.8 Å². The van der Waals surface area contributed by atoms with E-state index in [1.165, 1.54) is 24.3 Å². The molecule has 40 heavy (non-hydrogen) atoms. The maximum absolute atomic E-state index is 13.8. The Morgan fingerprint density at radius 3 is 2.15 bits per heavy atom. The summed E-state index contributed by atoms with van der Waals surface area (Å²) < 4.78 is 79.6. The molecule has 0 fully saturated rings. The molecule has 3 aromatic carbocycles. The smallest absolute Gasteiger partial charge is 0.355 e. The predicted octanol–water partition coefficient (Wildman–Crippen LogP) is 4.39. The SMILES string of the molecule is CCNC(=O)[C@@H](Cc1ccccc1)N(Cc1ccc(F)cc1)C(=O)CN(c1cccc(C(F)(F)F)c1)S(C)(=O)=O. The van der Waals surface area contributed by atoms with Crippen LogP contribution in [0.3, 0.4) is 0 Å². The molecule has 2 amide bonds. The third kappa shape index (κ3) is 8.28. The molecular weight excluding hydrogens is 550 g/mol. The number of carbonyl (C=O) groups excluding carboxylic acids is 2. The highest BCUT2D eigenvalue weighted by Crippen LogP contribution is 2.32. The van der Waals surface area contributed by atoms with Crippen LogP contribution in [0.4, 0.5) is 23.2 Å². The molecule has 3 aromatic rings. The number of rotatable bonds is 11. The lowest BCUT2D eigenvalue weighted by Crippen LogP contribution is -2.53. The van der Waals surface area contributed by atoms with Gasteiger partial charge in [0.1, 0.15) is 18.4 Å². The molecule has 0 saturated carbocycles. The van der Waals surface area contributed by atoms with Crippen LogP contribution in [0.5, 0.6) is 0 Å². The molecule has 0 aliphatic carbocycles. The molecule has 0 aromatic heterocycles. The summed E-state index contributed by atoms with van der Waals surface area (Å²) in [5.41, 5.74) is -0.265. The first-order chi connectivity index (χ1) is 18.8. The number of sulfonamides is 1. The molecule has 214 valence electrons. The second kappa shape index (κ2) is 12.9. The molecule has 0 aliphatic rings.